The van der Waals surface area contributed by atoms with Crippen LogP contribution in [0.5, 0.6) is 0 Å². The molecule has 2 N–H and O–H groups in total. The molecule has 12 heavy (non-hydrogen) atoms. The van der Waals surface area contributed by atoms with Gasteiger partial charge in [0.15, 0.2) is 0 Å². The van der Waals surface area contributed by atoms with E-state index >= 15 is 0 Å². The Morgan fingerprint density at radius 3 is 3.00 bits per heavy atom. The van der Waals surface area contributed by atoms with Gasteiger partial charge in [0.2, 0.25) is 0 Å². The van der Waals surface area contributed by atoms with E-state index in [0.717, 1.165) is 17.7 Å². The summed E-state index contributed by atoms with van der Waals surface area (Å²) in [6.07, 6.45) is 8.45. The third-order valence-electron chi connectivity index (χ3n) is 1.39. The van der Waals surface area contributed by atoms with E-state index in [1.165, 1.54) is 0 Å². The highest BCUT2D eigenvalue weighted by Gasteiger charge is 1.87. The number of hydrogen-bond donors (Lipinski definition) is 2. The van der Waals surface area contributed by atoms with Gasteiger partial charge in [-0.3, -0.25) is 4.98 Å². The molecule has 1 aromatic rings. The molecule has 0 unspecified atom stereocenters. The van der Waals surface area contributed by atoms with Crippen molar-refractivity contribution in [1.29, 1.82) is 0 Å². The first-order valence-corrected chi connectivity index (χ1v) is 4.44. The molecular formula is C9H12N2S. The zero-order valence-electron chi connectivity index (χ0n) is 6.77. The average molecular weight is 180 g/mol. The molecule has 0 aliphatic heterocycles. The molecule has 0 spiro atoms. The fourth-order valence-corrected chi connectivity index (χ4v) is 1.01. The minimum atomic E-state index is 0.697. The maximum absolute atomic E-state index is 5.55. The Morgan fingerprint density at radius 1 is 1.50 bits per heavy atom. The van der Waals surface area contributed by atoms with Crippen LogP contribution in [0.3, 0.4) is 0 Å². The summed E-state index contributed by atoms with van der Waals surface area (Å²) in [5.74, 6) is 0.867. The van der Waals surface area contributed by atoms with Crippen LogP contribution < -0.4 is 5.73 Å². The second-order valence-corrected chi connectivity index (χ2v) is 2.91. The first kappa shape index (κ1) is 9.13. The largest absolute Gasteiger partial charge is 0.397 e. The zero-order chi connectivity index (χ0) is 8.81. The number of nitrogens with zero attached hydrogens (tertiary/aromatic N) is 1. The molecule has 0 radical (unpaired) electrons. The van der Waals surface area contributed by atoms with E-state index in [2.05, 4.69) is 23.7 Å². The average Bonchev–Trinajstić information content (AvgIpc) is 2.05. The molecule has 2 nitrogen and oxygen atoms in total. The summed E-state index contributed by atoms with van der Waals surface area (Å²) in [6, 6.07) is 1.89. The van der Waals surface area contributed by atoms with E-state index in [9.17, 15) is 0 Å². The van der Waals surface area contributed by atoms with Gasteiger partial charge >= 0.3 is 0 Å². The first-order chi connectivity index (χ1) is 5.83. The van der Waals surface area contributed by atoms with Gasteiger partial charge in [0.25, 0.3) is 0 Å². The van der Waals surface area contributed by atoms with Crippen molar-refractivity contribution in [3.8, 4) is 0 Å². The van der Waals surface area contributed by atoms with Gasteiger partial charge < -0.3 is 5.73 Å². The van der Waals surface area contributed by atoms with Gasteiger partial charge in [-0.25, -0.2) is 0 Å². The molecule has 0 bridgehead atoms. The summed E-state index contributed by atoms with van der Waals surface area (Å²) in [4.78, 5) is 3.97. The quantitative estimate of drug-likeness (QED) is 0.698. The van der Waals surface area contributed by atoms with Crippen molar-refractivity contribution >= 4 is 24.4 Å². The minimum absolute atomic E-state index is 0.697. The molecule has 64 valence electrons. The van der Waals surface area contributed by atoms with Gasteiger partial charge in [-0.1, -0.05) is 12.2 Å². The number of pyridine rings is 1. The van der Waals surface area contributed by atoms with Gasteiger partial charge in [-0.15, -0.1) is 0 Å². The van der Waals surface area contributed by atoms with Crippen molar-refractivity contribution in [3.05, 3.63) is 30.1 Å². The topological polar surface area (TPSA) is 38.9 Å². The number of aromatic nitrogens is 1. The molecule has 3 heteroatoms. The van der Waals surface area contributed by atoms with Crippen LogP contribution in [0, 0.1) is 0 Å². The van der Waals surface area contributed by atoms with E-state index in [1.807, 2.05) is 12.1 Å². The number of allylic oxidation sites excluding steroid dienone is 1. The van der Waals surface area contributed by atoms with E-state index < -0.39 is 0 Å². The number of thiol groups is 1. The van der Waals surface area contributed by atoms with Crippen molar-refractivity contribution in [3.63, 3.8) is 0 Å². The van der Waals surface area contributed by atoms with Crippen LogP contribution in [-0.4, -0.2) is 10.7 Å². The molecule has 1 rings (SSSR count). The van der Waals surface area contributed by atoms with Gasteiger partial charge in [0.05, 0.1) is 5.69 Å². The highest BCUT2D eigenvalue weighted by atomic mass is 32.1. The fourth-order valence-electron chi connectivity index (χ4n) is 0.861. The molecule has 0 fully saturated rings. The van der Waals surface area contributed by atoms with Crippen LogP contribution >= 0.6 is 12.6 Å². The monoisotopic (exact) mass is 180 g/mol. The fraction of sp³-hybridized carbons (Fsp3) is 0.222. The Morgan fingerprint density at radius 2 is 2.33 bits per heavy atom. The summed E-state index contributed by atoms with van der Waals surface area (Å²) >= 11 is 4.10. The standard InChI is InChI=1S/C9H12N2S/c10-9-5-8(6-11-7-9)3-1-2-4-12/h1,3,5-7,12H,2,4,10H2. The molecule has 0 aromatic carbocycles. The Kier molecular flexibility index (Phi) is 3.67. The SMILES string of the molecule is Nc1cncc(C=CCCS)c1. The molecular weight excluding hydrogens is 168 g/mol. The second kappa shape index (κ2) is 4.83. The molecule has 0 aliphatic carbocycles. The summed E-state index contributed by atoms with van der Waals surface area (Å²) in [5, 5.41) is 0. The van der Waals surface area contributed by atoms with Crippen LogP contribution in [0.25, 0.3) is 6.08 Å². The molecule has 0 saturated heterocycles. The van der Waals surface area contributed by atoms with E-state index in [1.54, 1.807) is 12.4 Å². The Labute approximate surface area is 77.9 Å². The number of hydrogen-bond acceptors (Lipinski definition) is 3. The third kappa shape index (κ3) is 2.96. The van der Waals surface area contributed by atoms with Gasteiger partial charge in [-0.05, 0) is 23.8 Å². The highest BCUT2D eigenvalue weighted by Crippen LogP contribution is 2.06. The lowest BCUT2D eigenvalue weighted by Gasteiger charge is -1.93. The van der Waals surface area contributed by atoms with E-state index in [-0.39, 0.29) is 0 Å². The van der Waals surface area contributed by atoms with Crippen molar-refractivity contribution in [2.75, 3.05) is 11.5 Å². The molecule has 1 aromatic heterocycles. The summed E-state index contributed by atoms with van der Waals surface area (Å²) < 4.78 is 0. The lowest BCUT2D eigenvalue weighted by molar-refractivity contribution is 1.26. The summed E-state index contributed by atoms with van der Waals surface area (Å²) in [5.41, 5.74) is 7.29. The van der Waals surface area contributed by atoms with E-state index in [4.69, 9.17) is 5.73 Å². The lowest BCUT2D eigenvalue weighted by atomic mass is 10.2. The Balaban J connectivity index is 2.63. The van der Waals surface area contributed by atoms with Crippen LogP contribution in [-0.2, 0) is 0 Å². The van der Waals surface area contributed by atoms with Crippen LogP contribution in [0.4, 0.5) is 5.69 Å². The predicted octanol–water partition coefficient (Wildman–Crippen LogP) is 2.00. The first-order valence-electron chi connectivity index (χ1n) is 3.81. The van der Waals surface area contributed by atoms with Crippen molar-refractivity contribution in [2.24, 2.45) is 0 Å². The molecule has 1 heterocycles. The van der Waals surface area contributed by atoms with Gasteiger partial charge in [0.1, 0.15) is 0 Å². The smallest absolute Gasteiger partial charge is 0.0506 e. The maximum atomic E-state index is 5.55. The van der Waals surface area contributed by atoms with Crippen LogP contribution in [0.1, 0.15) is 12.0 Å². The third-order valence-corrected chi connectivity index (χ3v) is 1.64. The molecule has 0 atom stereocenters. The number of nitrogens with two attached hydrogens (primary N) is 1. The Hall–Kier alpha value is -0.960. The Bertz CT molecular complexity index is 271. The van der Waals surface area contributed by atoms with Gasteiger partial charge in [0, 0.05) is 12.4 Å². The molecule has 0 saturated carbocycles. The maximum Gasteiger partial charge on any atom is 0.0506 e. The van der Waals surface area contributed by atoms with Crippen LogP contribution in [0.2, 0.25) is 0 Å². The van der Waals surface area contributed by atoms with Crippen molar-refractivity contribution in [1.82, 2.24) is 4.98 Å². The van der Waals surface area contributed by atoms with Crippen molar-refractivity contribution in [2.45, 2.75) is 6.42 Å². The normalized spacial score (nSPS) is 10.8. The second-order valence-electron chi connectivity index (χ2n) is 2.47. The number of rotatable bonds is 3. The number of anilines is 1. The highest BCUT2D eigenvalue weighted by molar-refractivity contribution is 7.80. The number of nitrogen functional groups attached to an aromatic ring is 1. The van der Waals surface area contributed by atoms with Gasteiger partial charge in [-0.2, -0.15) is 12.6 Å². The summed E-state index contributed by atoms with van der Waals surface area (Å²) in [6.45, 7) is 0. The predicted molar refractivity (Wildman–Crippen MR) is 56.2 cm³/mol. The lowest BCUT2D eigenvalue weighted by Crippen LogP contribution is -1.86. The summed E-state index contributed by atoms with van der Waals surface area (Å²) in [7, 11) is 0. The van der Waals surface area contributed by atoms with Crippen LogP contribution in [0.15, 0.2) is 24.5 Å². The molecule has 0 aliphatic rings. The van der Waals surface area contributed by atoms with Crippen molar-refractivity contribution < 1.29 is 0 Å². The zero-order valence-corrected chi connectivity index (χ0v) is 7.67. The molecule has 0 amide bonds. The van der Waals surface area contributed by atoms with E-state index in [0.29, 0.717) is 5.69 Å². The minimum Gasteiger partial charge on any atom is -0.397 e.